The molecule has 2 N–H and O–H groups in total. The molecule has 1 heterocycles. The van der Waals surface area contributed by atoms with Gasteiger partial charge in [-0.1, -0.05) is 6.92 Å². The Balaban J connectivity index is 2.20. The zero-order valence-corrected chi connectivity index (χ0v) is 11.2. The van der Waals surface area contributed by atoms with Crippen LogP contribution in [0.5, 0.6) is 0 Å². The monoisotopic (exact) mass is 272 g/mol. The Morgan fingerprint density at radius 3 is 2.74 bits per heavy atom. The van der Waals surface area contributed by atoms with E-state index in [0.29, 0.717) is 13.0 Å². The van der Waals surface area contributed by atoms with Gasteiger partial charge < -0.3 is 14.8 Å². The molecule has 0 aromatic heterocycles. The number of ether oxygens (including phenoxy) is 2. The van der Waals surface area contributed by atoms with Crippen LogP contribution in [-0.4, -0.2) is 43.3 Å². The van der Waals surface area contributed by atoms with Crippen molar-refractivity contribution in [2.45, 2.75) is 45.3 Å². The summed E-state index contributed by atoms with van der Waals surface area (Å²) < 4.78 is 9.87. The number of carbonyl (C=O) groups excluding carboxylic acids is 3. The Morgan fingerprint density at radius 2 is 2.16 bits per heavy atom. The largest absolute Gasteiger partial charge is 0.454 e. The van der Waals surface area contributed by atoms with Crippen LogP contribution in [0.2, 0.25) is 0 Å². The lowest BCUT2D eigenvalue weighted by Gasteiger charge is -2.12. The fraction of sp³-hybridized carbons (Fsp3) is 0.750. The summed E-state index contributed by atoms with van der Waals surface area (Å²) >= 11 is 0. The van der Waals surface area contributed by atoms with Gasteiger partial charge in [-0.3, -0.25) is 10.1 Å². The van der Waals surface area contributed by atoms with E-state index in [1.54, 1.807) is 0 Å². The minimum Gasteiger partial charge on any atom is -0.454 e. The van der Waals surface area contributed by atoms with Gasteiger partial charge in [-0.05, 0) is 26.2 Å². The molecule has 0 aliphatic carbocycles. The van der Waals surface area contributed by atoms with E-state index in [9.17, 15) is 14.4 Å². The molecule has 0 aromatic carbocycles. The second-order valence-electron chi connectivity index (χ2n) is 4.44. The van der Waals surface area contributed by atoms with Crippen LogP contribution in [0.3, 0.4) is 0 Å². The molecule has 1 fully saturated rings. The molecule has 108 valence electrons. The van der Waals surface area contributed by atoms with Crippen molar-refractivity contribution in [3.8, 4) is 0 Å². The average molecular weight is 272 g/mol. The van der Waals surface area contributed by atoms with E-state index in [4.69, 9.17) is 9.47 Å². The van der Waals surface area contributed by atoms with Gasteiger partial charge in [0.25, 0.3) is 5.91 Å². The molecule has 0 spiro atoms. The van der Waals surface area contributed by atoms with Crippen LogP contribution in [0, 0.1) is 0 Å². The van der Waals surface area contributed by atoms with E-state index in [1.807, 2.05) is 13.8 Å². The van der Waals surface area contributed by atoms with Gasteiger partial charge in [0.2, 0.25) is 0 Å². The number of hydrogen-bond donors (Lipinski definition) is 2. The van der Waals surface area contributed by atoms with E-state index in [2.05, 4.69) is 10.6 Å². The molecule has 3 amide bonds. The normalized spacial score (nSPS) is 19.6. The third kappa shape index (κ3) is 5.69. The van der Waals surface area contributed by atoms with Gasteiger partial charge in [0.15, 0.2) is 12.7 Å². The molecule has 1 aliphatic heterocycles. The summed E-state index contributed by atoms with van der Waals surface area (Å²) in [6, 6.07) is -0.616. The molecule has 0 radical (unpaired) electrons. The summed E-state index contributed by atoms with van der Waals surface area (Å²) in [6.45, 7) is 3.79. The summed E-state index contributed by atoms with van der Waals surface area (Å²) in [5.74, 6) is -1.22. The fourth-order valence-corrected chi connectivity index (χ4v) is 1.52. The highest BCUT2D eigenvalue weighted by Gasteiger charge is 2.25. The number of hydrogen-bond acceptors (Lipinski definition) is 5. The zero-order chi connectivity index (χ0) is 14.3. The maximum Gasteiger partial charge on any atom is 0.335 e. The number of nitrogens with one attached hydrogen (secondary N) is 2. The van der Waals surface area contributed by atoms with Gasteiger partial charge in [-0.2, -0.15) is 0 Å². The van der Waals surface area contributed by atoms with Crippen molar-refractivity contribution < 1.29 is 23.9 Å². The average Bonchev–Trinajstić information content (AvgIpc) is 2.89. The van der Waals surface area contributed by atoms with E-state index >= 15 is 0 Å². The molecule has 1 rings (SSSR count). The van der Waals surface area contributed by atoms with Crippen LogP contribution in [0.25, 0.3) is 0 Å². The zero-order valence-electron chi connectivity index (χ0n) is 11.2. The molecule has 7 nitrogen and oxygen atoms in total. The van der Waals surface area contributed by atoms with Crippen molar-refractivity contribution in [3.63, 3.8) is 0 Å². The highest BCUT2D eigenvalue weighted by Crippen LogP contribution is 2.12. The molecule has 0 bridgehead atoms. The summed E-state index contributed by atoms with van der Waals surface area (Å²) in [4.78, 5) is 34.1. The first-order valence-corrected chi connectivity index (χ1v) is 6.41. The summed E-state index contributed by atoms with van der Waals surface area (Å²) in [5.41, 5.74) is 0. The van der Waals surface area contributed by atoms with Crippen molar-refractivity contribution in [1.82, 2.24) is 10.6 Å². The first kappa shape index (κ1) is 15.4. The molecule has 2 atom stereocenters. The number of esters is 1. The number of carbonyl (C=O) groups is 3. The number of imide groups is 1. The van der Waals surface area contributed by atoms with Crippen molar-refractivity contribution in [1.29, 1.82) is 0 Å². The van der Waals surface area contributed by atoms with E-state index in [1.165, 1.54) is 0 Å². The van der Waals surface area contributed by atoms with E-state index in [0.717, 1.165) is 12.8 Å². The Morgan fingerprint density at radius 1 is 1.42 bits per heavy atom. The topological polar surface area (TPSA) is 93.7 Å². The van der Waals surface area contributed by atoms with Crippen molar-refractivity contribution in [2.75, 3.05) is 13.2 Å². The van der Waals surface area contributed by atoms with Gasteiger partial charge in [-0.25, -0.2) is 9.59 Å². The van der Waals surface area contributed by atoms with E-state index in [-0.39, 0.29) is 6.04 Å². The highest BCUT2D eigenvalue weighted by atomic mass is 16.6. The smallest absolute Gasteiger partial charge is 0.335 e. The number of rotatable bonds is 5. The summed E-state index contributed by atoms with van der Waals surface area (Å²) in [5, 5.41) is 4.65. The Bertz CT molecular complexity index is 339. The first-order chi connectivity index (χ1) is 9.02. The molecular weight excluding hydrogens is 252 g/mol. The molecule has 1 aliphatic rings. The van der Waals surface area contributed by atoms with Gasteiger partial charge in [0.1, 0.15) is 0 Å². The highest BCUT2D eigenvalue weighted by molar-refractivity contribution is 5.95. The summed E-state index contributed by atoms with van der Waals surface area (Å²) in [6.07, 6.45) is 1.59. The number of urea groups is 1. The van der Waals surface area contributed by atoms with Crippen LogP contribution in [0.1, 0.15) is 33.1 Å². The summed E-state index contributed by atoms with van der Waals surface area (Å²) in [7, 11) is 0. The van der Waals surface area contributed by atoms with Crippen LogP contribution >= 0.6 is 0 Å². The molecule has 1 saturated heterocycles. The minimum absolute atomic E-state index is 0.0257. The molecule has 0 aromatic rings. The van der Waals surface area contributed by atoms with Crippen molar-refractivity contribution in [2.24, 2.45) is 0 Å². The lowest BCUT2D eigenvalue weighted by atomic mass is 10.2. The van der Waals surface area contributed by atoms with Crippen LogP contribution in [0.15, 0.2) is 0 Å². The standard InChI is InChI=1S/C12H20N2O5/c1-3-8(2)13-12(17)14-10(15)7-19-11(16)9-5-4-6-18-9/h8-9H,3-7H2,1-2H3,(H2,13,14,15,17)/t8-,9+/m1/s1. The quantitative estimate of drug-likeness (QED) is 0.704. The molecule has 19 heavy (non-hydrogen) atoms. The predicted octanol–water partition coefficient (Wildman–Crippen LogP) is 0.333. The van der Waals surface area contributed by atoms with Gasteiger partial charge in [0.05, 0.1) is 0 Å². The van der Waals surface area contributed by atoms with Crippen molar-refractivity contribution in [3.05, 3.63) is 0 Å². The fourth-order valence-electron chi connectivity index (χ4n) is 1.52. The second kappa shape index (κ2) is 7.73. The lowest BCUT2D eigenvalue weighted by molar-refractivity contribution is -0.157. The first-order valence-electron chi connectivity index (χ1n) is 6.41. The SMILES string of the molecule is CC[C@@H](C)NC(=O)NC(=O)COC(=O)[C@@H]1CCCO1. The minimum atomic E-state index is -0.660. The van der Waals surface area contributed by atoms with Crippen LogP contribution < -0.4 is 10.6 Å². The molecular formula is C12H20N2O5. The molecule has 0 unspecified atom stereocenters. The third-order valence-corrected chi connectivity index (χ3v) is 2.78. The molecule has 0 saturated carbocycles. The predicted molar refractivity (Wildman–Crippen MR) is 66.4 cm³/mol. The van der Waals surface area contributed by atoms with Crippen molar-refractivity contribution >= 4 is 17.9 Å². The van der Waals surface area contributed by atoms with Crippen LogP contribution in [-0.2, 0) is 19.1 Å². The maximum atomic E-state index is 11.4. The molecule has 7 heteroatoms. The third-order valence-electron chi connectivity index (χ3n) is 2.78. The second-order valence-corrected chi connectivity index (χ2v) is 4.44. The van der Waals surface area contributed by atoms with Gasteiger partial charge in [-0.15, -0.1) is 0 Å². The Labute approximate surface area is 112 Å². The lowest BCUT2D eigenvalue weighted by Crippen LogP contribution is -2.45. The Kier molecular flexibility index (Phi) is 6.27. The van der Waals surface area contributed by atoms with Crippen LogP contribution in [0.4, 0.5) is 4.79 Å². The van der Waals surface area contributed by atoms with Gasteiger partial charge >= 0.3 is 12.0 Å². The Hall–Kier alpha value is -1.63. The number of amides is 3. The van der Waals surface area contributed by atoms with E-state index < -0.39 is 30.6 Å². The van der Waals surface area contributed by atoms with Gasteiger partial charge in [0, 0.05) is 12.6 Å². The maximum absolute atomic E-state index is 11.4.